The van der Waals surface area contributed by atoms with Crippen LogP contribution in [0.4, 0.5) is 0 Å². The van der Waals surface area contributed by atoms with E-state index in [9.17, 15) is 9.59 Å². The van der Waals surface area contributed by atoms with E-state index in [2.05, 4.69) is 5.32 Å². The normalized spacial score (nSPS) is 11.7. The SMILES string of the molecule is CC(CNC(=O)c1ccccc1)C(=O)c1ccccc1. The van der Waals surface area contributed by atoms with E-state index < -0.39 is 0 Å². The molecular weight excluding hydrogens is 250 g/mol. The Bertz CT molecular complexity index is 578. The zero-order valence-corrected chi connectivity index (χ0v) is 11.4. The van der Waals surface area contributed by atoms with E-state index >= 15 is 0 Å². The first-order valence-electron chi connectivity index (χ1n) is 6.61. The summed E-state index contributed by atoms with van der Waals surface area (Å²) in [7, 11) is 0. The van der Waals surface area contributed by atoms with Crippen LogP contribution in [0.5, 0.6) is 0 Å². The Balaban J connectivity index is 1.91. The monoisotopic (exact) mass is 267 g/mol. The first-order valence-corrected chi connectivity index (χ1v) is 6.61. The summed E-state index contributed by atoms with van der Waals surface area (Å²) in [6, 6.07) is 18.1. The second kappa shape index (κ2) is 6.66. The van der Waals surface area contributed by atoms with E-state index in [1.54, 1.807) is 24.3 Å². The zero-order valence-electron chi connectivity index (χ0n) is 11.4. The minimum absolute atomic E-state index is 0.0407. The van der Waals surface area contributed by atoms with Crippen LogP contribution in [-0.2, 0) is 0 Å². The number of carbonyl (C=O) groups is 2. The molecule has 0 bridgehead atoms. The largest absolute Gasteiger partial charge is 0.351 e. The molecule has 0 aliphatic carbocycles. The molecule has 0 fully saturated rings. The predicted octanol–water partition coefficient (Wildman–Crippen LogP) is 2.94. The summed E-state index contributed by atoms with van der Waals surface area (Å²) in [6.07, 6.45) is 0. The van der Waals surface area contributed by atoms with Gasteiger partial charge in [0.2, 0.25) is 0 Å². The second-order valence-electron chi connectivity index (χ2n) is 4.71. The molecule has 1 unspecified atom stereocenters. The van der Waals surface area contributed by atoms with Crippen LogP contribution < -0.4 is 5.32 Å². The fraction of sp³-hybridized carbons (Fsp3) is 0.176. The summed E-state index contributed by atoms with van der Waals surface area (Å²) in [5.74, 6) is -0.359. The van der Waals surface area contributed by atoms with Crippen molar-refractivity contribution >= 4 is 11.7 Å². The van der Waals surface area contributed by atoms with Gasteiger partial charge in [0, 0.05) is 23.6 Å². The maximum atomic E-state index is 12.1. The lowest BCUT2D eigenvalue weighted by molar-refractivity contribution is 0.0902. The van der Waals surface area contributed by atoms with Crippen LogP contribution >= 0.6 is 0 Å². The topological polar surface area (TPSA) is 46.2 Å². The number of benzene rings is 2. The number of Topliss-reactive ketones (excluding diaryl/α,β-unsaturated/α-hetero) is 1. The highest BCUT2D eigenvalue weighted by Crippen LogP contribution is 2.08. The average Bonchev–Trinajstić information content (AvgIpc) is 2.53. The Morgan fingerprint density at radius 1 is 0.900 bits per heavy atom. The second-order valence-corrected chi connectivity index (χ2v) is 4.71. The Kier molecular flexibility index (Phi) is 4.66. The van der Waals surface area contributed by atoms with Crippen LogP contribution in [0, 0.1) is 5.92 Å². The summed E-state index contributed by atoms with van der Waals surface area (Å²) in [4.78, 5) is 24.0. The molecule has 2 aromatic rings. The molecule has 102 valence electrons. The van der Waals surface area contributed by atoms with Crippen molar-refractivity contribution in [3.05, 3.63) is 71.8 Å². The van der Waals surface area contributed by atoms with Gasteiger partial charge in [-0.3, -0.25) is 9.59 Å². The van der Waals surface area contributed by atoms with E-state index in [4.69, 9.17) is 0 Å². The van der Waals surface area contributed by atoms with Crippen LogP contribution in [0.25, 0.3) is 0 Å². The number of ketones is 1. The van der Waals surface area contributed by atoms with Crippen LogP contribution in [-0.4, -0.2) is 18.2 Å². The van der Waals surface area contributed by atoms with Crippen LogP contribution in [0.3, 0.4) is 0 Å². The third kappa shape index (κ3) is 3.54. The van der Waals surface area contributed by atoms with E-state index in [0.29, 0.717) is 17.7 Å². The predicted molar refractivity (Wildman–Crippen MR) is 78.7 cm³/mol. The highest BCUT2D eigenvalue weighted by molar-refractivity contribution is 5.98. The number of amides is 1. The summed E-state index contributed by atoms with van der Waals surface area (Å²) in [5, 5.41) is 2.79. The molecule has 3 heteroatoms. The van der Waals surface area contributed by atoms with Gasteiger partial charge in [0.05, 0.1) is 0 Å². The van der Waals surface area contributed by atoms with Gasteiger partial charge >= 0.3 is 0 Å². The summed E-state index contributed by atoms with van der Waals surface area (Å²) in [5.41, 5.74) is 1.28. The van der Waals surface area contributed by atoms with Crippen molar-refractivity contribution in [1.29, 1.82) is 0 Å². The minimum Gasteiger partial charge on any atom is -0.351 e. The Labute approximate surface area is 118 Å². The molecule has 20 heavy (non-hydrogen) atoms. The molecule has 0 aliphatic heterocycles. The average molecular weight is 267 g/mol. The van der Waals surface area contributed by atoms with Crippen LogP contribution in [0.2, 0.25) is 0 Å². The molecule has 2 aromatic carbocycles. The Morgan fingerprint density at radius 2 is 1.40 bits per heavy atom. The van der Waals surface area contributed by atoms with Gasteiger partial charge in [0.1, 0.15) is 0 Å². The third-order valence-corrected chi connectivity index (χ3v) is 3.11. The first-order chi connectivity index (χ1) is 9.68. The molecule has 0 saturated heterocycles. The molecule has 1 atom stereocenters. The van der Waals surface area contributed by atoms with Gasteiger partial charge in [-0.2, -0.15) is 0 Å². The highest BCUT2D eigenvalue weighted by atomic mass is 16.2. The Hall–Kier alpha value is -2.42. The minimum atomic E-state index is -0.245. The van der Waals surface area contributed by atoms with Gasteiger partial charge in [-0.15, -0.1) is 0 Å². The number of hydrogen-bond donors (Lipinski definition) is 1. The van der Waals surface area contributed by atoms with E-state index in [1.165, 1.54) is 0 Å². The number of hydrogen-bond acceptors (Lipinski definition) is 2. The summed E-state index contributed by atoms with van der Waals surface area (Å²) < 4.78 is 0. The third-order valence-electron chi connectivity index (χ3n) is 3.11. The molecule has 2 rings (SSSR count). The van der Waals surface area contributed by atoms with Gasteiger partial charge < -0.3 is 5.32 Å². The zero-order chi connectivity index (χ0) is 14.4. The quantitative estimate of drug-likeness (QED) is 0.847. The van der Waals surface area contributed by atoms with Crippen molar-refractivity contribution in [1.82, 2.24) is 5.32 Å². The van der Waals surface area contributed by atoms with Crippen molar-refractivity contribution in [3.8, 4) is 0 Å². The molecule has 1 N–H and O–H groups in total. The van der Waals surface area contributed by atoms with Crippen molar-refractivity contribution in [2.24, 2.45) is 5.92 Å². The maximum Gasteiger partial charge on any atom is 0.251 e. The van der Waals surface area contributed by atoms with Gasteiger partial charge in [0.15, 0.2) is 5.78 Å². The van der Waals surface area contributed by atoms with Crippen LogP contribution in [0.1, 0.15) is 27.6 Å². The fourth-order valence-electron chi connectivity index (χ4n) is 1.92. The first kappa shape index (κ1) is 14.0. The lowest BCUT2D eigenvalue weighted by atomic mass is 9.99. The molecule has 0 saturated carbocycles. The number of carbonyl (C=O) groups excluding carboxylic acids is 2. The van der Waals surface area contributed by atoms with Gasteiger partial charge in [0.25, 0.3) is 5.91 Å². The maximum absolute atomic E-state index is 12.1. The molecule has 0 aliphatic rings. The van der Waals surface area contributed by atoms with Crippen molar-refractivity contribution in [3.63, 3.8) is 0 Å². The Morgan fingerprint density at radius 3 is 1.95 bits per heavy atom. The van der Waals surface area contributed by atoms with Crippen molar-refractivity contribution < 1.29 is 9.59 Å². The molecular formula is C17H17NO2. The lowest BCUT2D eigenvalue weighted by Crippen LogP contribution is -2.31. The van der Waals surface area contributed by atoms with Gasteiger partial charge in [-0.05, 0) is 12.1 Å². The summed E-state index contributed by atoms with van der Waals surface area (Å²) >= 11 is 0. The van der Waals surface area contributed by atoms with Crippen molar-refractivity contribution in [2.75, 3.05) is 6.54 Å². The standard InChI is InChI=1S/C17H17NO2/c1-13(16(19)14-8-4-2-5-9-14)12-18-17(20)15-10-6-3-7-11-15/h2-11,13H,12H2,1H3,(H,18,20). The van der Waals surface area contributed by atoms with E-state index in [0.717, 1.165) is 0 Å². The molecule has 0 spiro atoms. The molecule has 0 heterocycles. The fourth-order valence-corrected chi connectivity index (χ4v) is 1.92. The van der Waals surface area contributed by atoms with Gasteiger partial charge in [-0.1, -0.05) is 55.5 Å². The number of rotatable bonds is 5. The smallest absolute Gasteiger partial charge is 0.251 e. The van der Waals surface area contributed by atoms with E-state index in [1.807, 2.05) is 43.3 Å². The van der Waals surface area contributed by atoms with Crippen LogP contribution in [0.15, 0.2) is 60.7 Å². The molecule has 0 aromatic heterocycles. The lowest BCUT2D eigenvalue weighted by Gasteiger charge is -2.12. The highest BCUT2D eigenvalue weighted by Gasteiger charge is 2.16. The van der Waals surface area contributed by atoms with Gasteiger partial charge in [-0.25, -0.2) is 0 Å². The molecule has 3 nitrogen and oxygen atoms in total. The molecule has 1 amide bonds. The number of nitrogens with one attached hydrogen (secondary N) is 1. The molecule has 0 radical (unpaired) electrons. The van der Waals surface area contributed by atoms with Crippen molar-refractivity contribution in [2.45, 2.75) is 6.92 Å². The van der Waals surface area contributed by atoms with E-state index in [-0.39, 0.29) is 17.6 Å². The summed E-state index contributed by atoms with van der Waals surface area (Å²) in [6.45, 7) is 2.15.